The van der Waals surface area contributed by atoms with E-state index in [0.717, 1.165) is 28.2 Å². The lowest BCUT2D eigenvalue weighted by molar-refractivity contribution is -0.137. The Bertz CT molecular complexity index is 1310. The topological polar surface area (TPSA) is 74.1 Å². The number of fused-ring (bicyclic) bond motifs is 2. The van der Waals surface area contributed by atoms with Crippen LogP contribution in [-0.4, -0.2) is 20.7 Å². The number of aromatic nitrogens is 3. The van der Waals surface area contributed by atoms with E-state index in [9.17, 15) is 22.8 Å². The van der Waals surface area contributed by atoms with E-state index in [2.05, 4.69) is 10.1 Å². The number of hydrogen-bond donors (Lipinski definition) is 0. The second-order valence-electron chi connectivity index (χ2n) is 6.20. The number of rotatable bonds is 3. The molecule has 0 aliphatic carbocycles. The molecule has 29 heavy (non-hydrogen) atoms. The van der Waals surface area contributed by atoms with Crippen LogP contribution in [0.15, 0.2) is 47.3 Å². The Morgan fingerprint density at radius 1 is 1.17 bits per heavy atom. The summed E-state index contributed by atoms with van der Waals surface area (Å²) in [6.07, 6.45) is -4.46. The van der Waals surface area contributed by atoms with Crippen LogP contribution in [0.25, 0.3) is 21.0 Å². The van der Waals surface area contributed by atoms with E-state index in [4.69, 9.17) is 4.74 Å². The summed E-state index contributed by atoms with van der Waals surface area (Å²) in [5, 5.41) is 5.21. The van der Waals surface area contributed by atoms with Crippen LogP contribution in [0.2, 0.25) is 0 Å². The average molecular weight is 419 g/mol. The van der Waals surface area contributed by atoms with Crippen LogP contribution in [0, 0.1) is 0 Å². The summed E-state index contributed by atoms with van der Waals surface area (Å²) in [6, 6.07) is 9.86. The van der Waals surface area contributed by atoms with Crippen LogP contribution >= 0.6 is 11.3 Å². The second-order valence-corrected chi connectivity index (χ2v) is 7.31. The molecule has 0 spiro atoms. The molecule has 2 aromatic heterocycles. The summed E-state index contributed by atoms with van der Waals surface area (Å²) >= 11 is 1.16. The number of halogens is 3. The van der Waals surface area contributed by atoms with Crippen molar-refractivity contribution in [3.63, 3.8) is 0 Å². The first-order chi connectivity index (χ1) is 13.7. The van der Waals surface area contributed by atoms with Gasteiger partial charge in [-0.1, -0.05) is 12.1 Å². The highest BCUT2D eigenvalue weighted by molar-refractivity contribution is 7.18. The molecular formula is C19H12F3N3O3S. The van der Waals surface area contributed by atoms with E-state index >= 15 is 0 Å². The van der Waals surface area contributed by atoms with Crippen molar-refractivity contribution in [3.05, 3.63) is 63.4 Å². The molecule has 0 saturated heterocycles. The standard InChI is InChI=1S/C19H12F3N3O3S/c1-10(26)28-17-12-4-2-3-5-13(12)18(27)25(24-17)9-16-23-14-8-11(19(20,21)22)6-7-15(14)29-16/h2-8H,9H2,1H3. The van der Waals surface area contributed by atoms with Crippen molar-refractivity contribution in [2.24, 2.45) is 0 Å². The minimum absolute atomic E-state index is 0.0202. The molecule has 2 heterocycles. The fraction of sp³-hybridized carbons (Fsp3) is 0.158. The van der Waals surface area contributed by atoms with Gasteiger partial charge in [0.1, 0.15) is 5.01 Å². The Morgan fingerprint density at radius 3 is 2.59 bits per heavy atom. The monoisotopic (exact) mass is 419 g/mol. The lowest BCUT2D eigenvalue weighted by Crippen LogP contribution is -2.25. The molecule has 0 N–H and O–H groups in total. The van der Waals surface area contributed by atoms with Crippen molar-refractivity contribution >= 4 is 38.3 Å². The number of hydrogen-bond acceptors (Lipinski definition) is 6. The fourth-order valence-electron chi connectivity index (χ4n) is 2.87. The van der Waals surface area contributed by atoms with Crippen LogP contribution in [0.3, 0.4) is 0 Å². The Balaban J connectivity index is 1.78. The molecule has 0 radical (unpaired) electrons. The number of esters is 1. The highest BCUT2D eigenvalue weighted by Crippen LogP contribution is 2.33. The van der Waals surface area contributed by atoms with Crippen molar-refractivity contribution in [3.8, 4) is 5.88 Å². The number of ether oxygens (including phenoxy) is 1. The minimum Gasteiger partial charge on any atom is -0.405 e. The van der Waals surface area contributed by atoms with E-state index in [1.807, 2.05) is 0 Å². The van der Waals surface area contributed by atoms with Crippen LogP contribution < -0.4 is 10.3 Å². The van der Waals surface area contributed by atoms with Crippen molar-refractivity contribution in [2.75, 3.05) is 0 Å². The maximum Gasteiger partial charge on any atom is 0.416 e. The molecule has 0 fully saturated rings. The van der Waals surface area contributed by atoms with E-state index in [0.29, 0.717) is 20.5 Å². The quantitative estimate of drug-likeness (QED) is 0.470. The van der Waals surface area contributed by atoms with Gasteiger partial charge in [0.05, 0.1) is 33.1 Å². The maximum absolute atomic E-state index is 12.9. The van der Waals surface area contributed by atoms with Gasteiger partial charge in [0.25, 0.3) is 5.56 Å². The summed E-state index contributed by atoms with van der Waals surface area (Å²) in [7, 11) is 0. The Morgan fingerprint density at radius 2 is 1.90 bits per heavy atom. The molecule has 0 saturated carbocycles. The van der Waals surface area contributed by atoms with Gasteiger partial charge < -0.3 is 4.74 Å². The number of nitrogens with zero attached hydrogens (tertiary/aromatic N) is 3. The second kappa shape index (κ2) is 6.96. The van der Waals surface area contributed by atoms with Crippen LogP contribution in [0.5, 0.6) is 5.88 Å². The zero-order valence-electron chi connectivity index (χ0n) is 14.9. The molecule has 0 unspecified atom stereocenters. The third-order valence-electron chi connectivity index (χ3n) is 4.12. The zero-order valence-corrected chi connectivity index (χ0v) is 15.7. The predicted molar refractivity (Wildman–Crippen MR) is 101 cm³/mol. The van der Waals surface area contributed by atoms with Crippen LogP contribution in [0.1, 0.15) is 17.5 Å². The molecule has 0 aliphatic rings. The Hall–Kier alpha value is -3.27. The lowest BCUT2D eigenvalue weighted by atomic mass is 10.2. The molecule has 6 nitrogen and oxygen atoms in total. The number of thiazole rings is 1. The maximum atomic E-state index is 12.9. The molecular weight excluding hydrogens is 407 g/mol. The fourth-order valence-corrected chi connectivity index (χ4v) is 3.80. The van der Waals surface area contributed by atoms with Gasteiger partial charge in [-0.05, 0) is 30.3 Å². The summed E-state index contributed by atoms with van der Waals surface area (Å²) < 4.78 is 45.5. The first kappa shape index (κ1) is 19.1. The molecule has 0 atom stereocenters. The van der Waals surface area contributed by atoms with Crippen LogP contribution in [-0.2, 0) is 17.5 Å². The highest BCUT2D eigenvalue weighted by Gasteiger charge is 2.30. The molecule has 148 valence electrons. The summed E-state index contributed by atoms with van der Waals surface area (Å²) in [5.74, 6) is -0.610. The van der Waals surface area contributed by atoms with Crippen molar-refractivity contribution in [2.45, 2.75) is 19.6 Å². The van der Waals surface area contributed by atoms with Gasteiger partial charge in [-0.3, -0.25) is 9.59 Å². The molecule has 10 heteroatoms. The highest BCUT2D eigenvalue weighted by atomic mass is 32.1. The Kier molecular flexibility index (Phi) is 4.58. The molecule has 2 aromatic carbocycles. The molecule has 0 amide bonds. The van der Waals surface area contributed by atoms with Gasteiger partial charge in [0.2, 0.25) is 5.88 Å². The SMILES string of the molecule is CC(=O)Oc1nn(Cc2nc3cc(C(F)(F)F)ccc3s2)c(=O)c2ccccc12. The number of carbonyl (C=O) groups excluding carboxylic acids is 1. The van der Waals surface area contributed by atoms with Crippen molar-refractivity contribution in [1.29, 1.82) is 0 Å². The number of carbonyl (C=O) groups is 1. The van der Waals surface area contributed by atoms with Gasteiger partial charge >= 0.3 is 12.1 Å². The van der Waals surface area contributed by atoms with Crippen LogP contribution in [0.4, 0.5) is 13.2 Å². The van der Waals surface area contributed by atoms with E-state index in [-0.39, 0.29) is 17.9 Å². The molecule has 0 aliphatic heterocycles. The number of alkyl halides is 3. The van der Waals surface area contributed by atoms with Gasteiger partial charge in [-0.15, -0.1) is 16.4 Å². The van der Waals surface area contributed by atoms with Gasteiger partial charge in [-0.2, -0.15) is 13.2 Å². The van der Waals surface area contributed by atoms with E-state index in [1.165, 1.54) is 13.0 Å². The predicted octanol–water partition coefficient (Wildman–Crippen LogP) is 4.00. The third-order valence-corrected chi connectivity index (χ3v) is 5.14. The Labute approximate surface area is 165 Å². The smallest absolute Gasteiger partial charge is 0.405 e. The van der Waals surface area contributed by atoms with Gasteiger partial charge in [0, 0.05) is 6.92 Å². The number of benzene rings is 2. The van der Waals surface area contributed by atoms with E-state index in [1.54, 1.807) is 24.3 Å². The first-order valence-corrected chi connectivity index (χ1v) is 9.19. The van der Waals surface area contributed by atoms with E-state index < -0.39 is 23.3 Å². The lowest BCUT2D eigenvalue weighted by Gasteiger charge is -2.09. The van der Waals surface area contributed by atoms with Gasteiger partial charge in [-0.25, -0.2) is 9.67 Å². The molecule has 4 aromatic rings. The normalized spacial score (nSPS) is 11.9. The largest absolute Gasteiger partial charge is 0.416 e. The summed E-state index contributed by atoms with van der Waals surface area (Å²) in [6.45, 7) is 1.15. The molecule has 0 bridgehead atoms. The third kappa shape index (κ3) is 3.70. The van der Waals surface area contributed by atoms with Crippen molar-refractivity contribution < 1.29 is 22.7 Å². The summed E-state index contributed by atoms with van der Waals surface area (Å²) in [4.78, 5) is 28.4. The first-order valence-electron chi connectivity index (χ1n) is 8.37. The van der Waals surface area contributed by atoms with Crippen molar-refractivity contribution in [1.82, 2.24) is 14.8 Å². The average Bonchev–Trinajstić information content (AvgIpc) is 3.06. The van der Waals surface area contributed by atoms with Gasteiger partial charge in [0.15, 0.2) is 0 Å². The zero-order chi connectivity index (χ0) is 20.8. The summed E-state index contributed by atoms with van der Waals surface area (Å²) in [5.41, 5.74) is -1.03. The molecule has 4 rings (SSSR count). The minimum atomic E-state index is -4.46.